The SMILES string of the molecule is Cc1ccc(-n2nccc2NC(=O)c2ccccc2OCC2CC2)nn1. The fraction of sp³-hybridized carbons (Fsp3) is 0.263. The van der Waals surface area contributed by atoms with Crippen LogP contribution in [0.3, 0.4) is 0 Å². The Morgan fingerprint density at radius 2 is 2.04 bits per heavy atom. The van der Waals surface area contributed by atoms with Crippen LogP contribution >= 0.6 is 0 Å². The first-order valence-electron chi connectivity index (χ1n) is 8.58. The van der Waals surface area contributed by atoms with Gasteiger partial charge in [-0.05, 0) is 49.9 Å². The van der Waals surface area contributed by atoms with Crippen molar-refractivity contribution in [2.75, 3.05) is 11.9 Å². The van der Waals surface area contributed by atoms with Gasteiger partial charge in [0.05, 0.1) is 24.1 Å². The quantitative estimate of drug-likeness (QED) is 0.740. The molecule has 0 spiro atoms. The summed E-state index contributed by atoms with van der Waals surface area (Å²) in [5.74, 6) is 2.02. The largest absolute Gasteiger partial charge is 0.492 e. The molecule has 1 aromatic carbocycles. The number of carbonyl (C=O) groups excluding carboxylic acids is 1. The molecule has 1 amide bonds. The van der Waals surface area contributed by atoms with Crippen LogP contribution in [0.25, 0.3) is 5.82 Å². The maximum Gasteiger partial charge on any atom is 0.260 e. The van der Waals surface area contributed by atoms with Crippen molar-refractivity contribution in [2.45, 2.75) is 19.8 Å². The van der Waals surface area contributed by atoms with E-state index >= 15 is 0 Å². The van der Waals surface area contributed by atoms with Crippen molar-refractivity contribution in [1.29, 1.82) is 0 Å². The molecule has 0 atom stereocenters. The first kappa shape index (κ1) is 16.3. The molecule has 0 bridgehead atoms. The minimum atomic E-state index is -0.252. The van der Waals surface area contributed by atoms with Crippen LogP contribution in [0, 0.1) is 12.8 Å². The number of anilines is 1. The lowest BCUT2D eigenvalue weighted by molar-refractivity contribution is 0.102. The van der Waals surface area contributed by atoms with Crippen LogP contribution in [0.2, 0.25) is 0 Å². The Morgan fingerprint density at radius 1 is 1.19 bits per heavy atom. The fourth-order valence-electron chi connectivity index (χ4n) is 2.54. The number of hydrogen-bond acceptors (Lipinski definition) is 5. The van der Waals surface area contributed by atoms with Crippen LogP contribution in [0.5, 0.6) is 5.75 Å². The predicted molar refractivity (Wildman–Crippen MR) is 96.5 cm³/mol. The van der Waals surface area contributed by atoms with Crippen LogP contribution in [0.1, 0.15) is 28.9 Å². The van der Waals surface area contributed by atoms with Crippen molar-refractivity contribution in [3.05, 3.63) is 59.9 Å². The number of rotatable bonds is 6. The summed E-state index contributed by atoms with van der Waals surface area (Å²) < 4.78 is 7.36. The molecule has 0 aliphatic heterocycles. The van der Waals surface area contributed by atoms with Crippen molar-refractivity contribution in [3.63, 3.8) is 0 Å². The van der Waals surface area contributed by atoms with Crippen LogP contribution in [0.15, 0.2) is 48.7 Å². The van der Waals surface area contributed by atoms with Gasteiger partial charge in [-0.2, -0.15) is 14.9 Å². The molecule has 132 valence electrons. The van der Waals surface area contributed by atoms with Gasteiger partial charge < -0.3 is 10.1 Å². The molecule has 3 aromatic rings. The van der Waals surface area contributed by atoms with Gasteiger partial charge >= 0.3 is 0 Å². The first-order chi connectivity index (χ1) is 12.7. The van der Waals surface area contributed by atoms with E-state index in [1.807, 2.05) is 31.2 Å². The van der Waals surface area contributed by atoms with E-state index in [0.717, 1.165) is 5.69 Å². The molecule has 1 aliphatic carbocycles. The smallest absolute Gasteiger partial charge is 0.260 e. The van der Waals surface area contributed by atoms with Crippen molar-refractivity contribution in [3.8, 4) is 11.6 Å². The summed E-state index contributed by atoms with van der Waals surface area (Å²) in [5, 5.41) is 15.2. The van der Waals surface area contributed by atoms with E-state index < -0.39 is 0 Å². The van der Waals surface area contributed by atoms with E-state index in [9.17, 15) is 4.79 Å². The zero-order valence-corrected chi connectivity index (χ0v) is 14.4. The molecule has 1 fully saturated rings. The number of nitrogens with zero attached hydrogens (tertiary/aromatic N) is 4. The highest BCUT2D eigenvalue weighted by molar-refractivity contribution is 6.05. The lowest BCUT2D eigenvalue weighted by atomic mass is 10.2. The topological polar surface area (TPSA) is 81.9 Å². The minimum Gasteiger partial charge on any atom is -0.492 e. The number of nitrogens with one attached hydrogen (secondary N) is 1. The molecule has 4 rings (SSSR count). The number of hydrogen-bond donors (Lipinski definition) is 1. The number of aromatic nitrogens is 4. The second kappa shape index (κ2) is 6.95. The highest BCUT2D eigenvalue weighted by Gasteiger charge is 2.23. The molecule has 1 saturated carbocycles. The Kier molecular flexibility index (Phi) is 4.35. The Morgan fingerprint density at radius 3 is 2.81 bits per heavy atom. The third-order valence-electron chi connectivity index (χ3n) is 4.19. The van der Waals surface area contributed by atoms with Gasteiger partial charge in [-0.25, -0.2) is 0 Å². The van der Waals surface area contributed by atoms with E-state index in [1.165, 1.54) is 17.5 Å². The Hall–Kier alpha value is -3.22. The van der Waals surface area contributed by atoms with Crippen molar-refractivity contribution in [2.24, 2.45) is 5.92 Å². The van der Waals surface area contributed by atoms with E-state index in [2.05, 4.69) is 20.6 Å². The van der Waals surface area contributed by atoms with Crippen molar-refractivity contribution in [1.82, 2.24) is 20.0 Å². The number of benzene rings is 1. The second-order valence-electron chi connectivity index (χ2n) is 6.37. The van der Waals surface area contributed by atoms with E-state index in [0.29, 0.717) is 35.5 Å². The van der Waals surface area contributed by atoms with Gasteiger partial charge in [0, 0.05) is 6.07 Å². The van der Waals surface area contributed by atoms with E-state index in [-0.39, 0.29) is 5.91 Å². The number of aryl methyl sites for hydroxylation is 1. The predicted octanol–water partition coefficient (Wildman–Crippen LogP) is 3.01. The summed E-state index contributed by atoms with van der Waals surface area (Å²) in [5.41, 5.74) is 1.31. The highest BCUT2D eigenvalue weighted by Crippen LogP contribution is 2.30. The van der Waals surface area contributed by atoms with Gasteiger partial charge in [-0.15, -0.1) is 5.10 Å². The van der Waals surface area contributed by atoms with Crippen LogP contribution < -0.4 is 10.1 Å². The normalized spacial score (nSPS) is 13.4. The van der Waals surface area contributed by atoms with E-state index in [1.54, 1.807) is 24.4 Å². The maximum absolute atomic E-state index is 12.8. The monoisotopic (exact) mass is 349 g/mol. The molecule has 7 heteroatoms. The average molecular weight is 349 g/mol. The number of para-hydroxylation sites is 1. The first-order valence-corrected chi connectivity index (χ1v) is 8.58. The average Bonchev–Trinajstić information content (AvgIpc) is 3.38. The van der Waals surface area contributed by atoms with Gasteiger partial charge in [-0.1, -0.05) is 12.1 Å². The fourth-order valence-corrected chi connectivity index (χ4v) is 2.54. The van der Waals surface area contributed by atoms with Gasteiger partial charge in [0.2, 0.25) is 0 Å². The molecule has 0 radical (unpaired) electrons. The third-order valence-corrected chi connectivity index (χ3v) is 4.19. The minimum absolute atomic E-state index is 0.252. The zero-order valence-electron chi connectivity index (χ0n) is 14.4. The molecule has 7 nitrogen and oxygen atoms in total. The molecule has 1 N–H and O–H groups in total. The van der Waals surface area contributed by atoms with Gasteiger partial charge in [-0.3, -0.25) is 4.79 Å². The van der Waals surface area contributed by atoms with Crippen LogP contribution in [-0.2, 0) is 0 Å². The molecule has 0 saturated heterocycles. The number of ether oxygens (including phenoxy) is 1. The Balaban J connectivity index is 1.54. The number of carbonyl (C=O) groups is 1. The van der Waals surface area contributed by atoms with Crippen molar-refractivity contribution < 1.29 is 9.53 Å². The molecular weight excluding hydrogens is 330 g/mol. The molecule has 26 heavy (non-hydrogen) atoms. The number of amides is 1. The lowest BCUT2D eigenvalue weighted by Gasteiger charge is -2.12. The molecule has 2 heterocycles. The zero-order chi connectivity index (χ0) is 17.9. The second-order valence-corrected chi connectivity index (χ2v) is 6.37. The Labute approximate surface area is 151 Å². The summed E-state index contributed by atoms with van der Waals surface area (Å²) in [6.45, 7) is 2.52. The van der Waals surface area contributed by atoms with Gasteiger partial charge in [0.1, 0.15) is 11.6 Å². The lowest BCUT2D eigenvalue weighted by Crippen LogP contribution is -2.17. The maximum atomic E-state index is 12.8. The standard InChI is InChI=1S/C19H19N5O2/c1-13-6-9-18(23-22-13)24-17(10-11-20-24)21-19(25)15-4-2-3-5-16(15)26-12-14-7-8-14/h2-6,9-11,14H,7-8,12H2,1H3,(H,21,25). The summed E-state index contributed by atoms with van der Waals surface area (Å²) in [7, 11) is 0. The molecule has 0 unspecified atom stereocenters. The summed E-state index contributed by atoms with van der Waals surface area (Å²) in [6, 6.07) is 12.6. The molecule has 2 aromatic heterocycles. The van der Waals surface area contributed by atoms with Gasteiger partial charge in [0.15, 0.2) is 5.82 Å². The summed E-state index contributed by atoms with van der Waals surface area (Å²) >= 11 is 0. The van der Waals surface area contributed by atoms with E-state index in [4.69, 9.17) is 4.74 Å². The molecular formula is C19H19N5O2. The summed E-state index contributed by atoms with van der Waals surface area (Å²) in [4.78, 5) is 12.8. The Bertz CT molecular complexity index is 916. The van der Waals surface area contributed by atoms with Crippen LogP contribution in [-0.4, -0.2) is 32.5 Å². The third kappa shape index (κ3) is 3.56. The highest BCUT2D eigenvalue weighted by atomic mass is 16.5. The van der Waals surface area contributed by atoms with Gasteiger partial charge in [0.25, 0.3) is 5.91 Å². The van der Waals surface area contributed by atoms with Crippen LogP contribution in [0.4, 0.5) is 5.82 Å². The molecule has 1 aliphatic rings. The van der Waals surface area contributed by atoms with Crippen molar-refractivity contribution >= 4 is 11.7 Å². The summed E-state index contributed by atoms with van der Waals surface area (Å²) in [6.07, 6.45) is 4.00.